The fourth-order valence-corrected chi connectivity index (χ4v) is 3.39. The van der Waals surface area contributed by atoms with Gasteiger partial charge in [-0.2, -0.15) is 0 Å². The molecule has 5 heteroatoms. The highest BCUT2D eigenvalue weighted by Gasteiger charge is 2.33. The largest absolute Gasteiger partial charge is 0.312 e. The van der Waals surface area contributed by atoms with Gasteiger partial charge in [0.05, 0.1) is 4.92 Å². The molecule has 0 spiro atoms. The highest BCUT2D eigenvalue weighted by Crippen LogP contribution is 2.25. The van der Waals surface area contributed by atoms with Crippen LogP contribution in [0.5, 0.6) is 0 Å². The number of nitro benzene ring substituents is 1. The van der Waals surface area contributed by atoms with Crippen molar-refractivity contribution >= 4 is 5.69 Å². The smallest absolute Gasteiger partial charge is 0.269 e. The highest BCUT2D eigenvalue weighted by atomic mass is 16.6. The Bertz CT molecular complexity index is 461. The van der Waals surface area contributed by atoms with E-state index in [1.165, 1.54) is 24.9 Å². The maximum absolute atomic E-state index is 10.6. The van der Waals surface area contributed by atoms with E-state index in [1.54, 1.807) is 12.1 Å². The Balaban J connectivity index is 1.51. The molecule has 2 atom stereocenters. The molecule has 2 heterocycles. The molecule has 2 fully saturated rings. The van der Waals surface area contributed by atoms with Crippen molar-refractivity contribution in [2.24, 2.45) is 5.92 Å². The lowest BCUT2D eigenvalue weighted by Gasteiger charge is -2.24. The van der Waals surface area contributed by atoms with Crippen LogP contribution < -0.4 is 5.32 Å². The molecule has 20 heavy (non-hydrogen) atoms. The number of nitro groups is 1. The number of non-ortho nitro benzene ring substituents is 1. The minimum Gasteiger partial charge on any atom is -0.312 e. The SMILES string of the molecule is O=[N+]([O-])c1ccc(CCN2C[C@@H]3CCCN[C@@H]3C2)cc1. The summed E-state index contributed by atoms with van der Waals surface area (Å²) in [5.41, 5.74) is 1.35. The molecule has 1 N–H and O–H groups in total. The van der Waals surface area contributed by atoms with E-state index in [9.17, 15) is 10.1 Å². The number of nitrogens with one attached hydrogen (secondary N) is 1. The zero-order valence-electron chi connectivity index (χ0n) is 11.6. The Morgan fingerprint density at radius 1 is 1.30 bits per heavy atom. The lowest BCUT2D eigenvalue weighted by molar-refractivity contribution is -0.384. The molecule has 5 nitrogen and oxygen atoms in total. The molecule has 2 aliphatic rings. The van der Waals surface area contributed by atoms with Crippen molar-refractivity contribution in [1.82, 2.24) is 10.2 Å². The van der Waals surface area contributed by atoms with Crippen molar-refractivity contribution in [3.05, 3.63) is 39.9 Å². The normalized spacial score (nSPS) is 26.4. The quantitative estimate of drug-likeness (QED) is 0.672. The van der Waals surface area contributed by atoms with Crippen molar-refractivity contribution < 1.29 is 4.92 Å². The van der Waals surface area contributed by atoms with Crippen LogP contribution in [0, 0.1) is 16.0 Å². The number of likely N-dealkylation sites (tertiary alicyclic amines) is 1. The number of hydrogen-bond acceptors (Lipinski definition) is 4. The Kier molecular flexibility index (Phi) is 3.98. The van der Waals surface area contributed by atoms with E-state index >= 15 is 0 Å². The maximum Gasteiger partial charge on any atom is 0.269 e. The second kappa shape index (κ2) is 5.89. The van der Waals surface area contributed by atoms with Gasteiger partial charge in [0.15, 0.2) is 0 Å². The number of nitrogens with zero attached hydrogens (tertiary/aromatic N) is 2. The Hall–Kier alpha value is -1.46. The molecule has 108 valence electrons. The van der Waals surface area contributed by atoms with E-state index in [0.717, 1.165) is 32.0 Å². The molecule has 2 aliphatic heterocycles. The van der Waals surface area contributed by atoms with Gasteiger partial charge in [-0.25, -0.2) is 0 Å². The van der Waals surface area contributed by atoms with Gasteiger partial charge in [-0.3, -0.25) is 10.1 Å². The van der Waals surface area contributed by atoms with Gasteiger partial charge in [-0.05, 0) is 37.3 Å². The van der Waals surface area contributed by atoms with Crippen LogP contribution in [0.1, 0.15) is 18.4 Å². The predicted molar refractivity (Wildman–Crippen MR) is 77.8 cm³/mol. The van der Waals surface area contributed by atoms with Gasteiger partial charge < -0.3 is 10.2 Å². The summed E-state index contributed by atoms with van der Waals surface area (Å²) in [4.78, 5) is 12.8. The third kappa shape index (κ3) is 2.99. The fraction of sp³-hybridized carbons (Fsp3) is 0.600. The lowest BCUT2D eigenvalue weighted by Crippen LogP contribution is -2.40. The minimum absolute atomic E-state index is 0.171. The van der Waals surface area contributed by atoms with Crippen molar-refractivity contribution in [2.75, 3.05) is 26.2 Å². The molecule has 1 aromatic carbocycles. The van der Waals surface area contributed by atoms with Gasteiger partial charge in [-0.1, -0.05) is 12.1 Å². The molecule has 0 aromatic heterocycles. The third-order valence-corrected chi connectivity index (χ3v) is 4.54. The van der Waals surface area contributed by atoms with Crippen LogP contribution >= 0.6 is 0 Å². The first-order chi connectivity index (χ1) is 9.72. The number of piperidine rings is 1. The van der Waals surface area contributed by atoms with Crippen LogP contribution in [0.15, 0.2) is 24.3 Å². The van der Waals surface area contributed by atoms with Crippen molar-refractivity contribution in [1.29, 1.82) is 0 Å². The number of fused-ring (bicyclic) bond motifs is 1. The van der Waals surface area contributed by atoms with Crippen LogP contribution in [-0.2, 0) is 6.42 Å². The predicted octanol–water partition coefficient (Wildman–Crippen LogP) is 1.82. The van der Waals surface area contributed by atoms with Gasteiger partial charge in [0, 0.05) is 37.8 Å². The van der Waals surface area contributed by atoms with Crippen molar-refractivity contribution in [3.8, 4) is 0 Å². The second-order valence-corrected chi connectivity index (χ2v) is 5.90. The van der Waals surface area contributed by atoms with Crippen molar-refractivity contribution in [2.45, 2.75) is 25.3 Å². The summed E-state index contributed by atoms with van der Waals surface area (Å²) in [7, 11) is 0. The van der Waals surface area contributed by atoms with Gasteiger partial charge in [-0.15, -0.1) is 0 Å². The summed E-state index contributed by atoms with van der Waals surface area (Å²) in [6.07, 6.45) is 3.63. The van der Waals surface area contributed by atoms with E-state index in [0.29, 0.717) is 6.04 Å². The molecule has 0 unspecified atom stereocenters. The average molecular weight is 275 g/mol. The monoisotopic (exact) mass is 275 g/mol. The average Bonchev–Trinajstić information content (AvgIpc) is 2.88. The molecular weight excluding hydrogens is 254 g/mol. The third-order valence-electron chi connectivity index (χ3n) is 4.54. The molecule has 0 saturated carbocycles. The number of hydrogen-bond donors (Lipinski definition) is 1. The van der Waals surface area contributed by atoms with E-state index in [2.05, 4.69) is 10.2 Å². The van der Waals surface area contributed by atoms with E-state index in [1.807, 2.05) is 12.1 Å². The maximum atomic E-state index is 10.6. The van der Waals surface area contributed by atoms with Gasteiger partial charge >= 0.3 is 0 Å². The van der Waals surface area contributed by atoms with Gasteiger partial charge in [0.25, 0.3) is 5.69 Å². The number of rotatable bonds is 4. The molecule has 0 amide bonds. The highest BCUT2D eigenvalue weighted by molar-refractivity contribution is 5.32. The zero-order chi connectivity index (χ0) is 13.9. The fourth-order valence-electron chi connectivity index (χ4n) is 3.39. The van der Waals surface area contributed by atoms with Gasteiger partial charge in [0.2, 0.25) is 0 Å². The summed E-state index contributed by atoms with van der Waals surface area (Å²) in [6.45, 7) is 4.56. The van der Waals surface area contributed by atoms with Crippen LogP contribution in [0.4, 0.5) is 5.69 Å². The molecular formula is C15H21N3O2. The van der Waals surface area contributed by atoms with Crippen molar-refractivity contribution in [3.63, 3.8) is 0 Å². The summed E-state index contributed by atoms with van der Waals surface area (Å²) in [5, 5.41) is 14.2. The van der Waals surface area contributed by atoms with Gasteiger partial charge in [0.1, 0.15) is 0 Å². The molecule has 1 aromatic rings. The zero-order valence-corrected chi connectivity index (χ0v) is 11.6. The second-order valence-electron chi connectivity index (χ2n) is 5.90. The van der Waals surface area contributed by atoms with Crippen LogP contribution in [0.25, 0.3) is 0 Å². The summed E-state index contributed by atoms with van der Waals surface area (Å²) < 4.78 is 0. The number of benzene rings is 1. The Labute approximate surface area is 119 Å². The van der Waals surface area contributed by atoms with Crippen LogP contribution in [0.3, 0.4) is 0 Å². The van der Waals surface area contributed by atoms with E-state index in [4.69, 9.17) is 0 Å². The molecule has 3 rings (SSSR count). The van der Waals surface area contributed by atoms with E-state index < -0.39 is 0 Å². The van der Waals surface area contributed by atoms with E-state index in [-0.39, 0.29) is 10.6 Å². The first kappa shape index (κ1) is 13.5. The Morgan fingerprint density at radius 3 is 2.80 bits per heavy atom. The topological polar surface area (TPSA) is 58.4 Å². The summed E-state index contributed by atoms with van der Waals surface area (Å²) >= 11 is 0. The molecule has 0 bridgehead atoms. The Morgan fingerprint density at radius 2 is 2.10 bits per heavy atom. The first-order valence-corrected chi connectivity index (χ1v) is 7.41. The minimum atomic E-state index is -0.347. The lowest BCUT2D eigenvalue weighted by atomic mass is 9.94. The molecule has 2 saturated heterocycles. The standard InChI is InChI=1S/C15H21N3O2/c19-18(20)14-5-3-12(4-6-14)7-9-17-10-13-2-1-8-16-15(13)11-17/h3-6,13,15-16H,1-2,7-11H2/t13-,15+/m0/s1. The first-order valence-electron chi connectivity index (χ1n) is 7.41. The summed E-state index contributed by atoms with van der Waals surface area (Å²) in [6, 6.07) is 7.63. The molecule has 0 radical (unpaired) electrons. The summed E-state index contributed by atoms with van der Waals surface area (Å²) in [5.74, 6) is 0.820. The van der Waals surface area contributed by atoms with Crippen LogP contribution in [-0.4, -0.2) is 42.0 Å². The van der Waals surface area contributed by atoms with Crippen LogP contribution in [0.2, 0.25) is 0 Å². The molecule has 0 aliphatic carbocycles.